The Balaban J connectivity index is 1.52. The summed E-state index contributed by atoms with van der Waals surface area (Å²) in [6.07, 6.45) is -3.38. The molecule has 1 aliphatic carbocycles. The van der Waals surface area contributed by atoms with Crippen LogP contribution in [0.5, 0.6) is 17.2 Å². The average Bonchev–Trinajstić information content (AvgIpc) is 3.75. The number of nitrogens with zero attached hydrogens (tertiary/aromatic N) is 3. The van der Waals surface area contributed by atoms with Crippen molar-refractivity contribution in [1.29, 1.82) is 5.26 Å². The number of carbonyl (C=O) groups excluding carboxylic acids is 1. The zero-order chi connectivity index (χ0) is 30.3. The SMILES string of the molecule is C=NC1(C)COc2c1cc(C(O)(CNC(=O)c1ccc(OC3CC3)c(OC)c1)C(F)(F)F)nc2-c1ccc(C#N)cc1. The van der Waals surface area contributed by atoms with Gasteiger partial charge in [0.15, 0.2) is 17.2 Å². The average molecular weight is 581 g/mol. The van der Waals surface area contributed by atoms with Crippen molar-refractivity contribution in [2.24, 2.45) is 4.99 Å². The number of amides is 1. The lowest BCUT2D eigenvalue weighted by molar-refractivity contribution is -0.265. The van der Waals surface area contributed by atoms with E-state index in [9.17, 15) is 23.1 Å². The maximum atomic E-state index is 14.6. The fourth-order valence-electron chi connectivity index (χ4n) is 4.53. The molecule has 218 valence electrons. The molecule has 12 heteroatoms. The van der Waals surface area contributed by atoms with E-state index in [1.807, 2.05) is 6.07 Å². The summed E-state index contributed by atoms with van der Waals surface area (Å²) < 4.78 is 60.7. The van der Waals surface area contributed by atoms with Crippen LogP contribution in [0.4, 0.5) is 13.2 Å². The number of fused-ring (bicyclic) bond motifs is 1. The highest BCUT2D eigenvalue weighted by Gasteiger charge is 2.57. The summed E-state index contributed by atoms with van der Waals surface area (Å²) >= 11 is 0. The standard InChI is InChI=1S/C30H27F3N4O5/c1-28(35-2)16-41-26-21(28)13-24(37-25(26)18-6-4-17(14-34)5-7-18)29(39,30(31,32)33)15-36-27(38)19-8-11-22(23(12-19)40-3)42-20-9-10-20/h4-8,11-13,20,39H,2,9-10,15-16H2,1,3H3,(H,36,38). The van der Waals surface area contributed by atoms with Crippen molar-refractivity contribution in [3.63, 3.8) is 0 Å². The quantitative estimate of drug-likeness (QED) is 0.353. The first kappa shape index (κ1) is 28.9. The van der Waals surface area contributed by atoms with Gasteiger partial charge in [-0.1, -0.05) is 12.1 Å². The molecule has 2 atom stereocenters. The number of benzene rings is 2. The molecule has 42 heavy (non-hydrogen) atoms. The molecule has 2 unspecified atom stereocenters. The third kappa shape index (κ3) is 5.23. The number of hydrogen-bond acceptors (Lipinski definition) is 8. The molecule has 0 spiro atoms. The molecule has 2 aromatic carbocycles. The summed E-state index contributed by atoms with van der Waals surface area (Å²) in [6.45, 7) is 3.95. The minimum Gasteiger partial charge on any atom is -0.493 e. The second-order valence-electron chi connectivity index (χ2n) is 10.4. The monoisotopic (exact) mass is 580 g/mol. The van der Waals surface area contributed by atoms with Gasteiger partial charge < -0.3 is 24.6 Å². The van der Waals surface area contributed by atoms with Crippen LogP contribution < -0.4 is 19.5 Å². The number of rotatable bonds is 9. The van der Waals surface area contributed by atoms with Gasteiger partial charge in [0.1, 0.15) is 17.8 Å². The maximum absolute atomic E-state index is 14.6. The first-order valence-electron chi connectivity index (χ1n) is 13.0. The van der Waals surface area contributed by atoms with E-state index in [0.29, 0.717) is 16.9 Å². The van der Waals surface area contributed by atoms with Crippen molar-refractivity contribution >= 4 is 12.6 Å². The van der Waals surface area contributed by atoms with E-state index >= 15 is 0 Å². The second kappa shape index (κ2) is 10.6. The van der Waals surface area contributed by atoms with Crippen molar-refractivity contribution in [3.05, 3.63) is 70.9 Å². The second-order valence-corrected chi connectivity index (χ2v) is 10.4. The van der Waals surface area contributed by atoms with E-state index in [2.05, 4.69) is 22.0 Å². The number of nitrogens with one attached hydrogen (secondary N) is 1. The van der Waals surface area contributed by atoms with Crippen LogP contribution in [0.3, 0.4) is 0 Å². The molecular formula is C30H27F3N4O5. The van der Waals surface area contributed by atoms with Gasteiger partial charge in [-0.3, -0.25) is 9.79 Å². The summed E-state index contributed by atoms with van der Waals surface area (Å²) in [4.78, 5) is 21.2. The minimum absolute atomic E-state index is 0.0102. The Morgan fingerprint density at radius 1 is 1.24 bits per heavy atom. The number of ether oxygens (including phenoxy) is 3. The van der Waals surface area contributed by atoms with Gasteiger partial charge in [0.25, 0.3) is 5.91 Å². The topological polar surface area (TPSA) is 126 Å². The number of pyridine rings is 1. The number of aliphatic imine (C=N–C) groups is 1. The summed E-state index contributed by atoms with van der Waals surface area (Å²) in [5, 5.41) is 22.6. The van der Waals surface area contributed by atoms with E-state index in [1.54, 1.807) is 6.92 Å². The van der Waals surface area contributed by atoms with Gasteiger partial charge in [0, 0.05) is 16.7 Å². The molecule has 2 heterocycles. The highest BCUT2D eigenvalue weighted by atomic mass is 19.4. The third-order valence-electron chi connectivity index (χ3n) is 7.33. The number of hydrogen-bond donors (Lipinski definition) is 2. The fraction of sp³-hybridized carbons (Fsp3) is 0.333. The van der Waals surface area contributed by atoms with E-state index in [-0.39, 0.29) is 41.0 Å². The largest absolute Gasteiger partial charge is 0.493 e. The van der Waals surface area contributed by atoms with Crippen LogP contribution in [0.15, 0.2) is 53.5 Å². The van der Waals surface area contributed by atoms with Gasteiger partial charge in [-0.15, -0.1) is 0 Å². The zero-order valence-electron chi connectivity index (χ0n) is 22.8. The maximum Gasteiger partial charge on any atom is 0.424 e. The number of methoxy groups -OCH3 is 1. The lowest BCUT2D eigenvalue weighted by Gasteiger charge is -2.31. The Labute approximate surface area is 239 Å². The van der Waals surface area contributed by atoms with E-state index < -0.39 is 35.5 Å². The highest BCUT2D eigenvalue weighted by molar-refractivity contribution is 5.95. The molecule has 5 rings (SSSR count). The smallest absolute Gasteiger partial charge is 0.424 e. The Morgan fingerprint density at radius 2 is 1.95 bits per heavy atom. The van der Waals surface area contributed by atoms with Crippen LogP contribution in [-0.2, 0) is 11.1 Å². The Hall–Kier alpha value is -4.63. The molecule has 1 aromatic heterocycles. The van der Waals surface area contributed by atoms with Crippen LogP contribution in [0.1, 0.15) is 46.9 Å². The molecule has 9 nitrogen and oxygen atoms in total. The van der Waals surface area contributed by atoms with E-state index in [4.69, 9.17) is 19.5 Å². The molecule has 2 N–H and O–H groups in total. The number of alkyl halides is 3. The predicted molar refractivity (Wildman–Crippen MR) is 146 cm³/mol. The molecule has 1 fully saturated rings. The summed E-state index contributed by atoms with van der Waals surface area (Å²) in [6, 6.07) is 13.3. The zero-order valence-corrected chi connectivity index (χ0v) is 22.8. The van der Waals surface area contributed by atoms with Gasteiger partial charge in [0.2, 0.25) is 5.60 Å². The molecular weight excluding hydrogens is 553 g/mol. The van der Waals surface area contributed by atoms with Crippen LogP contribution in [0, 0.1) is 11.3 Å². The number of carbonyl (C=O) groups is 1. The molecule has 1 aliphatic heterocycles. The highest BCUT2D eigenvalue weighted by Crippen LogP contribution is 2.48. The first-order chi connectivity index (χ1) is 19.9. The molecule has 1 amide bonds. The van der Waals surface area contributed by atoms with Gasteiger partial charge in [-0.25, -0.2) is 4.98 Å². The van der Waals surface area contributed by atoms with Crippen LogP contribution >= 0.6 is 0 Å². The lowest BCUT2D eigenvalue weighted by atomic mass is 9.89. The minimum atomic E-state index is -5.25. The Kier molecular flexibility index (Phi) is 7.32. The number of aromatic nitrogens is 1. The van der Waals surface area contributed by atoms with Crippen molar-refractivity contribution in [2.45, 2.75) is 43.2 Å². The van der Waals surface area contributed by atoms with Crippen molar-refractivity contribution in [1.82, 2.24) is 10.3 Å². The molecule has 2 aliphatic rings. The summed E-state index contributed by atoms with van der Waals surface area (Å²) in [7, 11) is 1.39. The summed E-state index contributed by atoms with van der Waals surface area (Å²) in [5.41, 5.74) is -4.52. The molecule has 0 radical (unpaired) electrons. The van der Waals surface area contributed by atoms with Gasteiger partial charge >= 0.3 is 6.18 Å². The van der Waals surface area contributed by atoms with Crippen molar-refractivity contribution in [2.75, 3.05) is 20.3 Å². The third-order valence-corrected chi connectivity index (χ3v) is 7.33. The fourth-order valence-corrected chi connectivity index (χ4v) is 4.53. The van der Waals surface area contributed by atoms with E-state index in [1.165, 1.54) is 49.6 Å². The number of nitriles is 1. The first-order valence-corrected chi connectivity index (χ1v) is 13.0. The molecule has 0 saturated heterocycles. The van der Waals surface area contributed by atoms with Crippen molar-refractivity contribution < 1.29 is 37.3 Å². The van der Waals surface area contributed by atoms with Gasteiger partial charge in [-0.2, -0.15) is 18.4 Å². The normalized spacial score (nSPS) is 19.1. The van der Waals surface area contributed by atoms with E-state index in [0.717, 1.165) is 18.9 Å². The van der Waals surface area contributed by atoms with Gasteiger partial charge in [0.05, 0.1) is 37.1 Å². The number of halogens is 3. The molecule has 3 aromatic rings. The van der Waals surface area contributed by atoms with Gasteiger partial charge in [-0.05, 0) is 62.9 Å². The predicted octanol–water partition coefficient (Wildman–Crippen LogP) is 4.66. The van der Waals surface area contributed by atoms with Crippen LogP contribution in [-0.4, -0.2) is 55.3 Å². The van der Waals surface area contributed by atoms with Crippen molar-refractivity contribution in [3.8, 4) is 34.6 Å². The van der Waals surface area contributed by atoms with Crippen LogP contribution in [0.25, 0.3) is 11.3 Å². The summed E-state index contributed by atoms with van der Waals surface area (Å²) in [5.74, 6) is -0.0119. The Bertz CT molecular complexity index is 1580. The van der Waals surface area contributed by atoms with Crippen LogP contribution in [0.2, 0.25) is 0 Å². The molecule has 1 saturated carbocycles. The number of aliphatic hydroxyl groups is 1. The molecule has 0 bridgehead atoms. The lowest BCUT2D eigenvalue weighted by Crippen LogP contribution is -2.51. The Morgan fingerprint density at radius 3 is 2.55 bits per heavy atom.